The van der Waals surface area contributed by atoms with Gasteiger partial charge in [0.15, 0.2) is 0 Å². The first-order chi connectivity index (χ1) is 14.9. The second kappa shape index (κ2) is 8.55. The minimum absolute atomic E-state index is 0.0840. The van der Waals surface area contributed by atoms with Crippen LogP contribution in [0.2, 0.25) is 0 Å². The minimum atomic E-state index is -1.50. The van der Waals surface area contributed by atoms with Gasteiger partial charge in [-0.15, -0.1) is 0 Å². The maximum atomic E-state index is 12.6. The molecule has 3 aromatic rings. The van der Waals surface area contributed by atoms with E-state index in [2.05, 4.69) is 33.4 Å². The van der Waals surface area contributed by atoms with Crippen LogP contribution in [0.15, 0.2) is 77.3 Å². The van der Waals surface area contributed by atoms with E-state index in [0.717, 1.165) is 32.3 Å². The number of hydrogen-bond donors (Lipinski definition) is 2. The third kappa shape index (κ3) is 4.35. The molecule has 0 bridgehead atoms. The summed E-state index contributed by atoms with van der Waals surface area (Å²) >= 11 is 3.39. The zero-order chi connectivity index (χ0) is 22.0. The molecule has 0 aromatic heterocycles. The van der Waals surface area contributed by atoms with E-state index in [1.54, 1.807) is 0 Å². The molecular weight excluding hydrogens is 458 g/mol. The number of ether oxygens (including phenoxy) is 1. The number of fused-ring (bicyclic) bond motifs is 3. The molecule has 0 spiro atoms. The van der Waals surface area contributed by atoms with Crippen molar-refractivity contribution in [3.63, 3.8) is 0 Å². The molecule has 158 valence electrons. The van der Waals surface area contributed by atoms with Gasteiger partial charge < -0.3 is 15.2 Å². The summed E-state index contributed by atoms with van der Waals surface area (Å²) in [7, 11) is 0. The largest absolute Gasteiger partial charge is 0.480 e. The van der Waals surface area contributed by atoms with E-state index in [4.69, 9.17) is 4.74 Å². The first-order valence-electron chi connectivity index (χ1n) is 9.98. The minimum Gasteiger partial charge on any atom is -0.480 e. The fourth-order valence-corrected chi connectivity index (χ4v) is 4.53. The second-order valence-corrected chi connectivity index (χ2v) is 8.81. The Morgan fingerprint density at radius 1 is 1.00 bits per heavy atom. The zero-order valence-electron chi connectivity index (χ0n) is 17.0. The molecule has 1 aliphatic carbocycles. The molecule has 6 heteroatoms. The van der Waals surface area contributed by atoms with Gasteiger partial charge in [-0.2, -0.15) is 0 Å². The lowest BCUT2D eigenvalue weighted by Crippen LogP contribution is -2.54. The number of hydrogen-bond acceptors (Lipinski definition) is 3. The molecule has 0 fully saturated rings. The first kappa shape index (κ1) is 21.1. The molecule has 0 saturated heterocycles. The van der Waals surface area contributed by atoms with E-state index in [0.29, 0.717) is 0 Å². The number of halogens is 1. The van der Waals surface area contributed by atoms with E-state index in [1.165, 1.54) is 6.92 Å². The van der Waals surface area contributed by atoms with Crippen LogP contribution in [0.25, 0.3) is 11.1 Å². The summed E-state index contributed by atoms with van der Waals surface area (Å²) in [5, 5.41) is 12.3. The second-order valence-electron chi connectivity index (χ2n) is 7.89. The maximum Gasteiger partial charge on any atom is 0.408 e. The lowest BCUT2D eigenvalue weighted by Gasteiger charge is -2.26. The molecule has 0 saturated carbocycles. The molecule has 1 aliphatic rings. The summed E-state index contributed by atoms with van der Waals surface area (Å²) in [6, 6.07) is 23.5. The third-order valence-corrected chi connectivity index (χ3v) is 6.13. The highest BCUT2D eigenvalue weighted by atomic mass is 79.9. The zero-order valence-corrected chi connectivity index (χ0v) is 18.6. The van der Waals surface area contributed by atoms with Crippen LogP contribution in [-0.4, -0.2) is 29.3 Å². The molecule has 0 heterocycles. The smallest absolute Gasteiger partial charge is 0.408 e. The van der Waals surface area contributed by atoms with Crippen LogP contribution in [0.5, 0.6) is 0 Å². The Kier molecular flexibility index (Phi) is 5.83. The van der Waals surface area contributed by atoms with Gasteiger partial charge in [0.1, 0.15) is 12.1 Å². The molecule has 0 radical (unpaired) electrons. The van der Waals surface area contributed by atoms with Crippen molar-refractivity contribution in [3.8, 4) is 11.1 Å². The molecule has 1 atom stereocenters. The van der Waals surface area contributed by atoms with Crippen molar-refractivity contribution < 1.29 is 19.4 Å². The van der Waals surface area contributed by atoms with Gasteiger partial charge in [0.2, 0.25) is 0 Å². The molecule has 5 nitrogen and oxygen atoms in total. The monoisotopic (exact) mass is 479 g/mol. The molecule has 4 rings (SSSR count). The number of carbonyl (C=O) groups is 2. The van der Waals surface area contributed by atoms with Gasteiger partial charge in [-0.05, 0) is 46.9 Å². The Balaban J connectivity index is 1.47. The van der Waals surface area contributed by atoms with Crippen molar-refractivity contribution in [2.75, 3.05) is 6.61 Å². The Bertz CT molecular complexity index is 1100. The molecule has 0 aliphatic heterocycles. The molecule has 1 amide bonds. The predicted octanol–water partition coefficient (Wildman–Crippen LogP) is 5.37. The van der Waals surface area contributed by atoms with Crippen LogP contribution in [0.1, 0.15) is 29.5 Å². The van der Waals surface area contributed by atoms with E-state index in [9.17, 15) is 14.7 Å². The highest BCUT2D eigenvalue weighted by molar-refractivity contribution is 9.10. The van der Waals surface area contributed by atoms with Crippen LogP contribution in [0.3, 0.4) is 0 Å². The maximum absolute atomic E-state index is 12.6. The van der Waals surface area contributed by atoms with Crippen LogP contribution in [-0.2, 0) is 16.0 Å². The summed E-state index contributed by atoms with van der Waals surface area (Å²) in [6.07, 6.45) is -0.617. The number of aliphatic carboxylic acids is 1. The highest BCUT2D eigenvalue weighted by Gasteiger charge is 2.36. The Hall–Kier alpha value is -3.12. The van der Waals surface area contributed by atoms with Gasteiger partial charge >= 0.3 is 12.1 Å². The molecular formula is C25H22BrNO4. The number of benzene rings is 3. The topological polar surface area (TPSA) is 75.6 Å². The number of carboxylic acids is 1. The Morgan fingerprint density at radius 3 is 2.19 bits per heavy atom. The van der Waals surface area contributed by atoms with E-state index in [-0.39, 0.29) is 18.9 Å². The fourth-order valence-electron chi connectivity index (χ4n) is 4.09. The number of carboxylic acid groups (broad SMARTS) is 1. The Morgan fingerprint density at radius 2 is 1.61 bits per heavy atom. The highest BCUT2D eigenvalue weighted by Crippen LogP contribution is 2.44. The molecule has 3 aromatic carbocycles. The quantitative estimate of drug-likeness (QED) is 0.497. The average Bonchev–Trinajstić information content (AvgIpc) is 3.06. The predicted molar refractivity (Wildman–Crippen MR) is 122 cm³/mol. The van der Waals surface area contributed by atoms with Gasteiger partial charge in [0.25, 0.3) is 0 Å². The van der Waals surface area contributed by atoms with Gasteiger partial charge in [-0.25, -0.2) is 9.59 Å². The van der Waals surface area contributed by atoms with E-state index < -0.39 is 17.6 Å². The lowest BCUT2D eigenvalue weighted by atomic mass is 9.93. The van der Waals surface area contributed by atoms with Crippen molar-refractivity contribution in [2.24, 2.45) is 0 Å². The van der Waals surface area contributed by atoms with Crippen LogP contribution >= 0.6 is 15.9 Å². The number of nitrogens with one attached hydrogen (secondary N) is 1. The average molecular weight is 480 g/mol. The molecule has 0 unspecified atom stereocenters. The van der Waals surface area contributed by atoms with Crippen LogP contribution < -0.4 is 5.32 Å². The molecule has 2 N–H and O–H groups in total. The van der Waals surface area contributed by atoms with Gasteiger partial charge in [0.05, 0.1) is 0 Å². The summed E-state index contributed by atoms with van der Waals surface area (Å²) in [6.45, 7) is 1.62. The van der Waals surface area contributed by atoms with Gasteiger partial charge in [-0.3, -0.25) is 0 Å². The summed E-state index contributed by atoms with van der Waals surface area (Å²) in [5.74, 6) is -1.21. The van der Waals surface area contributed by atoms with Crippen molar-refractivity contribution in [2.45, 2.75) is 24.8 Å². The summed E-state index contributed by atoms with van der Waals surface area (Å²) in [4.78, 5) is 24.5. The normalized spacial score (nSPS) is 14.3. The van der Waals surface area contributed by atoms with Gasteiger partial charge in [0, 0.05) is 16.8 Å². The number of rotatable bonds is 6. The Labute approximate surface area is 189 Å². The standard InChI is InChI=1S/C25H22BrNO4/c1-25(23(28)29,14-16-7-6-8-17(26)13-16)27-24(30)31-15-22-20-11-4-2-9-18(20)19-10-3-5-12-21(19)22/h2-13,22H,14-15H2,1H3,(H,27,30)(H,28,29)/t25-/m1/s1. The van der Waals surface area contributed by atoms with E-state index >= 15 is 0 Å². The van der Waals surface area contributed by atoms with Crippen LogP contribution in [0.4, 0.5) is 4.79 Å². The van der Waals surface area contributed by atoms with Crippen molar-refractivity contribution in [3.05, 3.63) is 94.0 Å². The number of alkyl carbamates (subject to hydrolysis) is 1. The third-order valence-electron chi connectivity index (χ3n) is 5.64. The van der Waals surface area contributed by atoms with Gasteiger partial charge in [-0.1, -0.05) is 76.6 Å². The lowest BCUT2D eigenvalue weighted by molar-refractivity contribution is -0.143. The van der Waals surface area contributed by atoms with E-state index in [1.807, 2.05) is 60.7 Å². The first-order valence-corrected chi connectivity index (χ1v) is 10.8. The molecule has 31 heavy (non-hydrogen) atoms. The van der Waals surface area contributed by atoms with Crippen molar-refractivity contribution in [1.29, 1.82) is 0 Å². The van der Waals surface area contributed by atoms with Crippen LogP contribution in [0, 0.1) is 0 Å². The number of carbonyl (C=O) groups excluding carboxylic acids is 1. The SMILES string of the molecule is C[C@](Cc1cccc(Br)c1)(NC(=O)OCC1c2ccccc2-c2ccccc21)C(=O)O. The summed E-state index contributed by atoms with van der Waals surface area (Å²) < 4.78 is 6.37. The number of amides is 1. The fraction of sp³-hybridized carbons (Fsp3) is 0.200. The van der Waals surface area contributed by atoms with Crippen molar-refractivity contribution >= 4 is 28.0 Å². The van der Waals surface area contributed by atoms with Crippen molar-refractivity contribution in [1.82, 2.24) is 5.32 Å². The summed E-state index contributed by atoms with van der Waals surface area (Å²) in [5.41, 5.74) is 3.77.